The van der Waals surface area contributed by atoms with Crippen LogP contribution in [-0.4, -0.2) is 55.1 Å². The van der Waals surface area contributed by atoms with Gasteiger partial charge in [-0.3, -0.25) is 4.79 Å². The molecule has 170 valence electrons. The number of aromatic nitrogens is 1. The number of hydrogen-bond donors (Lipinski definition) is 2. The van der Waals surface area contributed by atoms with Crippen molar-refractivity contribution in [3.63, 3.8) is 0 Å². The normalized spacial score (nSPS) is 11.4. The lowest BCUT2D eigenvalue weighted by Crippen LogP contribution is -2.38. The van der Waals surface area contributed by atoms with Crippen molar-refractivity contribution in [3.8, 4) is 5.75 Å². The third-order valence-electron chi connectivity index (χ3n) is 5.07. The van der Waals surface area contributed by atoms with E-state index in [1.165, 1.54) is 15.8 Å². The molecule has 3 aromatic rings. The van der Waals surface area contributed by atoms with Gasteiger partial charge < -0.3 is 24.8 Å². The second kappa shape index (κ2) is 11.8. The van der Waals surface area contributed by atoms with Crippen molar-refractivity contribution < 1.29 is 9.53 Å². The number of likely N-dealkylation sites (N-methyl/N-ethyl adjacent to an activating group) is 1. The van der Waals surface area contributed by atoms with Crippen LogP contribution in [0.25, 0.3) is 10.9 Å². The average molecular weight is 436 g/mol. The SMILES string of the molecule is CCNC(=NCc1cccc(OCC(=O)N(C)C)c1)NCCCn1ccc2ccccc21. The number of nitrogens with one attached hydrogen (secondary N) is 2. The first-order valence-electron chi connectivity index (χ1n) is 11.0. The zero-order chi connectivity index (χ0) is 22.8. The number of ether oxygens (including phenoxy) is 1. The standard InChI is InChI=1S/C25H33N5O2/c1-4-26-25(27-14-8-15-30-16-13-21-10-5-6-12-23(21)30)28-18-20-9-7-11-22(17-20)32-19-24(31)29(2)3/h5-7,9-13,16-17H,4,8,14-15,18-19H2,1-3H3,(H2,26,27,28). The van der Waals surface area contributed by atoms with Crippen LogP contribution in [0.4, 0.5) is 0 Å². The molecule has 0 fully saturated rings. The van der Waals surface area contributed by atoms with Gasteiger partial charge in [0.15, 0.2) is 12.6 Å². The molecule has 1 amide bonds. The van der Waals surface area contributed by atoms with Crippen molar-refractivity contribution in [3.05, 3.63) is 66.4 Å². The summed E-state index contributed by atoms with van der Waals surface area (Å²) in [5.41, 5.74) is 2.29. The fraction of sp³-hybridized carbons (Fsp3) is 0.360. The first kappa shape index (κ1) is 23.2. The Bertz CT molecular complexity index is 1040. The first-order valence-corrected chi connectivity index (χ1v) is 11.0. The highest BCUT2D eigenvalue weighted by Crippen LogP contribution is 2.15. The molecule has 0 radical (unpaired) electrons. The molecule has 0 unspecified atom stereocenters. The van der Waals surface area contributed by atoms with Crippen molar-refractivity contribution in [2.24, 2.45) is 4.99 Å². The topological polar surface area (TPSA) is 70.9 Å². The molecule has 7 nitrogen and oxygen atoms in total. The highest BCUT2D eigenvalue weighted by Gasteiger charge is 2.06. The predicted octanol–water partition coefficient (Wildman–Crippen LogP) is 3.25. The van der Waals surface area contributed by atoms with Gasteiger partial charge in [-0.05, 0) is 48.6 Å². The van der Waals surface area contributed by atoms with Gasteiger partial charge >= 0.3 is 0 Å². The lowest BCUT2D eigenvalue weighted by atomic mass is 10.2. The molecule has 32 heavy (non-hydrogen) atoms. The number of aryl methyl sites for hydroxylation is 1. The van der Waals surface area contributed by atoms with Crippen LogP contribution in [0.3, 0.4) is 0 Å². The molecule has 0 saturated heterocycles. The fourth-order valence-corrected chi connectivity index (χ4v) is 3.31. The minimum atomic E-state index is -0.0695. The molecule has 0 spiro atoms. The zero-order valence-corrected chi connectivity index (χ0v) is 19.2. The van der Waals surface area contributed by atoms with Gasteiger partial charge in [0.05, 0.1) is 6.54 Å². The lowest BCUT2D eigenvalue weighted by Gasteiger charge is -2.13. The number of hydrogen-bond acceptors (Lipinski definition) is 3. The molecule has 1 aromatic heterocycles. The summed E-state index contributed by atoms with van der Waals surface area (Å²) < 4.78 is 7.88. The Morgan fingerprint density at radius 2 is 1.94 bits per heavy atom. The van der Waals surface area contributed by atoms with Gasteiger partial charge in [0.2, 0.25) is 0 Å². The first-order chi connectivity index (χ1) is 15.6. The summed E-state index contributed by atoms with van der Waals surface area (Å²) in [6.07, 6.45) is 3.14. The van der Waals surface area contributed by atoms with E-state index in [0.29, 0.717) is 12.3 Å². The number of benzene rings is 2. The third kappa shape index (κ3) is 6.77. The number of carbonyl (C=O) groups is 1. The predicted molar refractivity (Wildman–Crippen MR) is 130 cm³/mol. The van der Waals surface area contributed by atoms with Gasteiger partial charge in [0.25, 0.3) is 5.91 Å². The van der Waals surface area contributed by atoms with Crippen LogP contribution in [0.15, 0.2) is 65.8 Å². The zero-order valence-electron chi connectivity index (χ0n) is 19.2. The van der Waals surface area contributed by atoms with Crippen molar-refractivity contribution >= 4 is 22.8 Å². The van der Waals surface area contributed by atoms with Crippen LogP contribution in [0, 0.1) is 0 Å². The second-order valence-corrected chi connectivity index (χ2v) is 7.77. The number of nitrogens with zero attached hydrogens (tertiary/aromatic N) is 3. The number of amides is 1. The lowest BCUT2D eigenvalue weighted by molar-refractivity contribution is -0.130. The van der Waals surface area contributed by atoms with E-state index >= 15 is 0 Å². The van der Waals surface area contributed by atoms with Crippen LogP contribution in [-0.2, 0) is 17.9 Å². The van der Waals surface area contributed by atoms with Crippen molar-refractivity contribution in [1.82, 2.24) is 20.1 Å². The number of fused-ring (bicyclic) bond motifs is 1. The summed E-state index contributed by atoms with van der Waals surface area (Å²) in [4.78, 5) is 17.9. The summed E-state index contributed by atoms with van der Waals surface area (Å²) in [7, 11) is 3.43. The van der Waals surface area contributed by atoms with E-state index in [-0.39, 0.29) is 12.5 Å². The fourth-order valence-electron chi connectivity index (χ4n) is 3.31. The van der Waals surface area contributed by atoms with Crippen molar-refractivity contribution in [2.45, 2.75) is 26.4 Å². The van der Waals surface area contributed by atoms with Crippen molar-refractivity contribution in [2.75, 3.05) is 33.8 Å². The number of rotatable bonds is 10. The minimum absolute atomic E-state index is 0.0284. The number of aliphatic imine (C=N–C) groups is 1. The summed E-state index contributed by atoms with van der Waals surface area (Å²) in [6, 6.07) is 18.3. The summed E-state index contributed by atoms with van der Waals surface area (Å²) in [5.74, 6) is 1.39. The van der Waals surface area contributed by atoms with E-state index in [2.05, 4.69) is 63.6 Å². The largest absolute Gasteiger partial charge is 0.484 e. The molecule has 3 rings (SSSR count). The maximum atomic E-state index is 11.7. The van der Waals surface area contributed by atoms with E-state index in [0.717, 1.165) is 37.6 Å². The van der Waals surface area contributed by atoms with E-state index < -0.39 is 0 Å². The molecular formula is C25H33N5O2. The molecule has 0 aliphatic rings. The summed E-state index contributed by atoms with van der Waals surface area (Å²) in [5, 5.41) is 7.98. The van der Waals surface area contributed by atoms with Crippen LogP contribution in [0.2, 0.25) is 0 Å². The molecule has 0 atom stereocenters. The smallest absolute Gasteiger partial charge is 0.259 e. The van der Waals surface area contributed by atoms with E-state index in [9.17, 15) is 4.79 Å². The Labute approximate surface area is 190 Å². The maximum Gasteiger partial charge on any atom is 0.259 e. The summed E-state index contributed by atoms with van der Waals surface area (Å²) >= 11 is 0. The minimum Gasteiger partial charge on any atom is -0.484 e. The molecular weight excluding hydrogens is 402 g/mol. The number of carbonyl (C=O) groups excluding carboxylic acids is 1. The quantitative estimate of drug-likeness (QED) is 0.291. The maximum absolute atomic E-state index is 11.7. The summed E-state index contributed by atoms with van der Waals surface area (Å²) in [6.45, 7) is 5.18. The Balaban J connectivity index is 1.50. The highest BCUT2D eigenvalue weighted by molar-refractivity contribution is 5.80. The van der Waals surface area contributed by atoms with Crippen LogP contribution in [0.5, 0.6) is 5.75 Å². The molecule has 0 aliphatic carbocycles. The van der Waals surface area contributed by atoms with Gasteiger partial charge in [0.1, 0.15) is 5.75 Å². The van der Waals surface area contributed by atoms with Gasteiger partial charge in [-0.15, -0.1) is 0 Å². The van der Waals surface area contributed by atoms with Gasteiger partial charge in [-0.2, -0.15) is 0 Å². The van der Waals surface area contributed by atoms with Crippen LogP contribution < -0.4 is 15.4 Å². The highest BCUT2D eigenvalue weighted by atomic mass is 16.5. The number of guanidine groups is 1. The second-order valence-electron chi connectivity index (χ2n) is 7.77. The van der Waals surface area contributed by atoms with Crippen molar-refractivity contribution in [1.29, 1.82) is 0 Å². The van der Waals surface area contributed by atoms with Gasteiger partial charge in [0, 0.05) is 45.4 Å². The molecule has 0 bridgehead atoms. The molecule has 2 N–H and O–H groups in total. The molecule has 7 heteroatoms. The molecule has 0 saturated carbocycles. The van der Waals surface area contributed by atoms with Gasteiger partial charge in [-0.1, -0.05) is 30.3 Å². The number of para-hydroxylation sites is 1. The van der Waals surface area contributed by atoms with E-state index in [1.54, 1.807) is 14.1 Å². The third-order valence-corrected chi connectivity index (χ3v) is 5.07. The Morgan fingerprint density at radius 3 is 2.75 bits per heavy atom. The van der Waals surface area contributed by atoms with Gasteiger partial charge in [-0.25, -0.2) is 4.99 Å². The van der Waals surface area contributed by atoms with Crippen LogP contribution in [0.1, 0.15) is 18.9 Å². The molecule has 0 aliphatic heterocycles. The molecule has 2 aromatic carbocycles. The molecule has 1 heterocycles. The Hall–Kier alpha value is -3.48. The Morgan fingerprint density at radius 1 is 1.09 bits per heavy atom. The monoisotopic (exact) mass is 435 g/mol. The Kier molecular flexibility index (Phi) is 8.54. The van der Waals surface area contributed by atoms with E-state index in [4.69, 9.17) is 4.74 Å². The average Bonchev–Trinajstić information content (AvgIpc) is 3.22. The van der Waals surface area contributed by atoms with E-state index in [1.807, 2.05) is 24.3 Å². The van der Waals surface area contributed by atoms with Crippen LogP contribution >= 0.6 is 0 Å².